The molecule has 0 heterocycles. The van der Waals surface area contributed by atoms with E-state index in [1.165, 1.54) is 18.9 Å². The van der Waals surface area contributed by atoms with Crippen molar-refractivity contribution in [1.82, 2.24) is 5.32 Å². The average Bonchev–Trinajstić information content (AvgIpc) is 2.56. The molecule has 5 heteroatoms. The van der Waals surface area contributed by atoms with Crippen molar-refractivity contribution < 1.29 is 13.2 Å². The second-order valence-corrected chi connectivity index (χ2v) is 5.17. The largest absolute Gasteiger partial charge is 0.405 e. The summed E-state index contributed by atoms with van der Waals surface area (Å²) in [4.78, 5) is 0. The molecule has 1 aliphatic carbocycles. The zero-order valence-electron chi connectivity index (χ0n) is 10.8. The Kier molecular flexibility index (Phi) is 5.94. The summed E-state index contributed by atoms with van der Waals surface area (Å²) in [6.45, 7) is 1.64. The first-order valence-electron chi connectivity index (χ1n) is 6.65. The zero-order chi connectivity index (χ0) is 13.6. The minimum Gasteiger partial charge on any atom is -0.312 e. The van der Waals surface area contributed by atoms with Crippen LogP contribution in [0.1, 0.15) is 45.4 Å². The predicted molar refractivity (Wildman–Crippen MR) is 63.8 cm³/mol. The van der Waals surface area contributed by atoms with Gasteiger partial charge in [0.15, 0.2) is 5.92 Å². The van der Waals surface area contributed by atoms with Crippen LogP contribution >= 0.6 is 0 Å². The van der Waals surface area contributed by atoms with Gasteiger partial charge in [0.1, 0.15) is 0 Å². The Hall–Kier alpha value is -0.760. The van der Waals surface area contributed by atoms with Gasteiger partial charge in [0.25, 0.3) is 0 Å². The summed E-state index contributed by atoms with van der Waals surface area (Å²) in [6.07, 6.45) is 2.52. The van der Waals surface area contributed by atoms with E-state index >= 15 is 0 Å². The number of rotatable bonds is 4. The van der Waals surface area contributed by atoms with Crippen molar-refractivity contribution in [3.8, 4) is 6.07 Å². The third kappa shape index (κ3) is 4.85. The highest BCUT2D eigenvalue weighted by atomic mass is 19.4. The normalized spacial score (nSPS) is 21.9. The fourth-order valence-corrected chi connectivity index (χ4v) is 2.52. The summed E-state index contributed by atoms with van der Waals surface area (Å²) < 4.78 is 37.2. The van der Waals surface area contributed by atoms with Gasteiger partial charge in [-0.15, -0.1) is 0 Å². The van der Waals surface area contributed by atoms with Crippen molar-refractivity contribution in [2.75, 3.05) is 6.54 Å². The molecule has 2 atom stereocenters. The zero-order valence-corrected chi connectivity index (χ0v) is 10.8. The lowest BCUT2D eigenvalue weighted by atomic mass is 9.92. The van der Waals surface area contributed by atoms with Gasteiger partial charge < -0.3 is 5.32 Å². The highest BCUT2D eigenvalue weighted by Gasteiger charge is 2.39. The Labute approximate surface area is 107 Å². The quantitative estimate of drug-likeness (QED) is 0.785. The van der Waals surface area contributed by atoms with Crippen LogP contribution in [-0.2, 0) is 0 Å². The van der Waals surface area contributed by atoms with E-state index in [0.29, 0.717) is 5.92 Å². The molecular formula is C13H21F3N2. The molecule has 0 aromatic carbocycles. The molecule has 0 aliphatic heterocycles. The van der Waals surface area contributed by atoms with Crippen LogP contribution in [0.4, 0.5) is 13.2 Å². The Morgan fingerprint density at radius 3 is 2.22 bits per heavy atom. The molecule has 1 N–H and O–H groups in total. The van der Waals surface area contributed by atoms with Crippen LogP contribution in [0.5, 0.6) is 0 Å². The first kappa shape index (κ1) is 15.3. The first-order valence-corrected chi connectivity index (χ1v) is 6.65. The van der Waals surface area contributed by atoms with Gasteiger partial charge in [-0.2, -0.15) is 18.4 Å². The Morgan fingerprint density at radius 2 is 1.78 bits per heavy atom. The molecule has 1 fully saturated rings. The van der Waals surface area contributed by atoms with Crippen molar-refractivity contribution in [2.24, 2.45) is 11.8 Å². The highest BCUT2D eigenvalue weighted by molar-refractivity contribution is 4.91. The van der Waals surface area contributed by atoms with Crippen LogP contribution in [0.2, 0.25) is 0 Å². The molecule has 0 aromatic heterocycles. The molecule has 1 aliphatic rings. The van der Waals surface area contributed by atoms with Crippen molar-refractivity contribution in [3.05, 3.63) is 0 Å². The van der Waals surface area contributed by atoms with E-state index in [1.807, 2.05) is 6.92 Å². The maximum atomic E-state index is 12.4. The maximum Gasteiger partial charge on any atom is 0.405 e. The Bertz CT molecular complexity index is 275. The van der Waals surface area contributed by atoms with Crippen LogP contribution in [0.3, 0.4) is 0 Å². The molecule has 0 amide bonds. The number of nitrogens with zero attached hydrogens (tertiary/aromatic N) is 1. The van der Waals surface area contributed by atoms with Crippen LogP contribution < -0.4 is 5.32 Å². The fourth-order valence-electron chi connectivity index (χ4n) is 2.52. The number of halogens is 3. The van der Waals surface area contributed by atoms with Crippen molar-refractivity contribution in [2.45, 2.75) is 57.7 Å². The van der Waals surface area contributed by atoms with Gasteiger partial charge in [0.2, 0.25) is 0 Å². The smallest absolute Gasteiger partial charge is 0.312 e. The van der Waals surface area contributed by atoms with Gasteiger partial charge >= 0.3 is 6.18 Å². The molecule has 0 saturated heterocycles. The first-order chi connectivity index (χ1) is 8.45. The average molecular weight is 262 g/mol. The molecule has 18 heavy (non-hydrogen) atoms. The lowest BCUT2D eigenvalue weighted by molar-refractivity contribution is -0.158. The lowest BCUT2D eigenvalue weighted by Gasteiger charge is -2.25. The van der Waals surface area contributed by atoms with Gasteiger partial charge in [-0.25, -0.2) is 0 Å². The van der Waals surface area contributed by atoms with Crippen LogP contribution in [0.25, 0.3) is 0 Å². The van der Waals surface area contributed by atoms with Gasteiger partial charge in [-0.1, -0.05) is 25.7 Å². The van der Waals surface area contributed by atoms with Crippen LogP contribution in [0.15, 0.2) is 0 Å². The molecule has 1 saturated carbocycles. The third-order valence-corrected chi connectivity index (χ3v) is 3.80. The van der Waals surface area contributed by atoms with E-state index in [-0.39, 0.29) is 12.6 Å². The predicted octanol–water partition coefficient (Wildman–Crippen LogP) is 3.64. The maximum absolute atomic E-state index is 12.4. The minimum absolute atomic E-state index is 0.0568. The molecule has 0 bridgehead atoms. The fraction of sp³-hybridized carbons (Fsp3) is 0.923. The van der Waals surface area contributed by atoms with E-state index in [9.17, 15) is 13.2 Å². The molecule has 2 nitrogen and oxygen atoms in total. The van der Waals surface area contributed by atoms with E-state index in [2.05, 4.69) is 5.32 Å². The third-order valence-electron chi connectivity index (χ3n) is 3.80. The van der Waals surface area contributed by atoms with E-state index < -0.39 is 12.1 Å². The summed E-state index contributed by atoms with van der Waals surface area (Å²) >= 11 is 0. The van der Waals surface area contributed by atoms with Crippen LogP contribution in [-0.4, -0.2) is 18.8 Å². The molecule has 0 spiro atoms. The highest BCUT2D eigenvalue weighted by Crippen LogP contribution is 2.27. The molecule has 1 unspecified atom stereocenters. The summed E-state index contributed by atoms with van der Waals surface area (Å²) in [5.41, 5.74) is 0. The van der Waals surface area contributed by atoms with E-state index in [4.69, 9.17) is 5.26 Å². The Balaban J connectivity index is 2.39. The van der Waals surface area contributed by atoms with Crippen molar-refractivity contribution in [1.29, 1.82) is 5.26 Å². The van der Waals surface area contributed by atoms with Crippen LogP contribution in [0, 0.1) is 23.2 Å². The van der Waals surface area contributed by atoms with E-state index in [0.717, 1.165) is 25.7 Å². The lowest BCUT2D eigenvalue weighted by Crippen LogP contribution is -2.40. The van der Waals surface area contributed by atoms with Gasteiger partial charge in [-0.05, 0) is 25.7 Å². The molecule has 0 radical (unpaired) electrons. The second kappa shape index (κ2) is 6.98. The van der Waals surface area contributed by atoms with Crippen molar-refractivity contribution >= 4 is 0 Å². The SMILES string of the molecule is C[C@@H](NCC(C#N)C(F)(F)F)C1CCCCCC1. The van der Waals surface area contributed by atoms with Crippen molar-refractivity contribution in [3.63, 3.8) is 0 Å². The Morgan fingerprint density at radius 1 is 1.22 bits per heavy atom. The summed E-state index contributed by atoms with van der Waals surface area (Å²) in [5.74, 6) is -1.45. The summed E-state index contributed by atoms with van der Waals surface area (Å²) in [5, 5.41) is 11.4. The molecule has 104 valence electrons. The molecule has 0 aromatic rings. The number of nitrogens with one attached hydrogen (secondary N) is 1. The second-order valence-electron chi connectivity index (χ2n) is 5.17. The number of hydrogen-bond donors (Lipinski definition) is 1. The molecular weight excluding hydrogens is 241 g/mol. The number of nitriles is 1. The van der Waals surface area contributed by atoms with E-state index in [1.54, 1.807) is 0 Å². The van der Waals surface area contributed by atoms with Gasteiger partial charge in [0, 0.05) is 12.6 Å². The summed E-state index contributed by atoms with van der Waals surface area (Å²) in [7, 11) is 0. The number of alkyl halides is 3. The monoisotopic (exact) mass is 262 g/mol. The number of hydrogen-bond acceptors (Lipinski definition) is 2. The molecule has 1 rings (SSSR count). The van der Waals surface area contributed by atoms with Gasteiger partial charge in [-0.3, -0.25) is 0 Å². The minimum atomic E-state index is -4.43. The topological polar surface area (TPSA) is 35.8 Å². The van der Waals surface area contributed by atoms with Gasteiger partial charge in [0.05, 0.1) is 6.07 Å². The summed E-state index contributed by atoms with van der Waals surface area (Å²) in [6, 6.07) is 1.38. The standard InChI is InChI=1S/C13H21F3N2/c1-10(11-6-4-2-3-5-7-11)18-9-12(8-17)13(14,15)16/h10-12,18H,2-7,9H2,1H3/t10-,12?/m1/s1.